The third-order valence-electron chi connectivity index (χ3n) is 11.8. The molecule has 0 amide bonds. The third-order valence-corrected chi connectivity index (χ3v) is 11.8. The van der Waals surface area contributed by atoms with Crippen molar-refractivity contribution in [2.24, 2.45) is 0 Å². The summed E-state index contributed by atoms with van der Waals surface area (Å²) in [4.78, 5) is 9.02. The zero-order chi connectivity index (χ0) is 36.7. The van der Waals surface area contributed by atoms with Gasteiger partial charge in [-0.2, -0.15) is 0 Å². The molecule has 0 N–H and O–H groups in total. The van der Waals surface area contributed by atoms with Gasteiger partial charge in [-0.25, -0.2) is 0 Å². The van der Waals surface area contributed by atoms with Crippen molar-refractivity contribution in [1.82, 2.24) is 9.97 Å². The molecule has 2 aliphatic rings. The number of aromatic nitrogens is 2. The summed E-state index contributed by atoms with van der Waals surface area (Å²) >= 11 is 0. The molecule has 9 aromatic rings. The molecule has 0 atom stereocenters. The standard InChI is InChI=1S/C39H32NO2.C12H10N.Ir/c1-2-14-26(15-3-1)34-22-27(20-21-40-34)32-23-33-30-18-8-16-28(24-10-4-5-11-24)36(30)41-39(33)35-31-19-9-17-29(25-12-6-7-13-25)37(31)42-38(32)35;1-10-7-8-12(13-9-10)11-5-3-2-4-6-11;/h1-3,8-9,14,16-25H,4-7,10-13H2;2-5,7-9H,1H3;/q2*-1;. The molecule has 56 heavy (non-hydrogen) atoms. The molecule has 0 aliphatic heterocycles. The minimum atomic E-state index is 0. The molecule has 2 aliphatic carbocycles. The number of furan rings is 2. The summed E-state index contributed by atoms with van der Waals surface area (Å²) in [6.07, 6.45) is 13.9. The van der Waals surface area contributed by atoms with E-state index in [-0.39, 0.29) is 20.1 Å². The van der Waals surface area contributed by atoms with E-state index < -0.39 is 0 Å². The number of rotatable bonds is 5. The Morgan fingerprint density at radius 3 is 1.80 bits per heavy atom. The van der Waals surface area contributed by atoms with Crippen LogP contribution in [0.3, 0.4) is 0 Å². The van der Waals surface area contributed by atoms with E-state index in [4.69, 9.17) is 13.8 Å². The number of benzene rings is 5. The van der Waals surface area contributed by atoms with Gasteiger partial charge < -0.3 is 18.8 Å². The predicted octanol–water partition coefficient (Wildman–Crippen LogP) is 14.2. The van der Waals surface area contributed by atoms with Gasteiger partial charge in [0.05, 0.1) is 5.39 Å². The predicted molar refractivity (Wildman–Crippen MR) is 224 cm³/mol. The molecule has 4 aromatic heterocycles. The molecule has 0 saturated heterocycles. The van der Waals surface area contributed by atoms with Gasteiger partial charge in [0, 0.05) is 54.2 Å². The van der Waals surface area contributed by atoms with E-state index >= 15 is 0 Å². The van der Waals surface area contributed by atoms with E-state index in [0.29, 0.717) is 11.8 Å². The Morgan fingerprint density at radius 1 is 0.554 bits per heavy atom. The maximum Gasteiger partial charge on any atom is 0.147 e. The van der Waals surface area contributed by atoms with Crippen LogP contribution >= 0.6 is 0 Å². The Bertz CT molecular complexity index is 2770. The molecule has 4 heterocycles. The molecule has 11 rings (SSSR count). The van der Waals surface area contributed by atoms with Gasteiger partial charge in [-0.05, 0) is 90.2 Å². The number of hydrogen-bond acceptors (Lipinski definition) is 4. The van der Waals surface area contributed by atoms with Gasteiger partial charge in [-0.1, -0.05) is 80.3 Å². The molecule has 5 aromatic carbocycles. The minimum Gasteiger partial charge on any atom is -0.455 e. The Morgan fingerprint density at radius 2 is 1.18 bits per heavy atom. The fraction of sp³-hybridized carbons (Fsp3) is 0.216. The summed E-state index contributed by atoms with van der Waals surface area (Å²) in [7, 11) is 0. The largest absolute Gasteiger partial charge is 0.455 e. The van der Waals surface area contributed by atoms with Crippen LogP contribution in [0.2, 0.25) is 0 Å². The summed E-state index contributed by atoms with van der Waals surface area (Å²) < 4.78 is 13.9. The van der Waals surface area contributed by atoms with Crippen LogP contribution in [0.1, 0.15) is 79.9 Å². The van der Waals surface area contributed by atoms with Crippen molar-refractivity contribution in [3.63, 3.8) is 0 Å². The van der Waals surface area contributed by atoms with Gasteiger partial charge in [0.1, 0.15) is 22.3 Å². The molecule has 5 heteroatoms. The van der Waals surface area contributed by atoms with Gasteiger partial charge in [0.2, 0.25) is 0 Å². The smallest absolute Gasteiger partial charge is 0.147 e. The van der Waals surface area contributed by atoms with Gasteiger partial charge in [-0.15, -0.1) is 71.8 Å². The third kappa shape index (κ3) is 6.67. The summed E-state index contributed by atoms with van der Waals surface area (Å²) in [5.41, 5.74) is 13.9. The SMILES string of the molecule is Cc1ccc(-c2[c-]cccc2)nc1.[Ir].[c-]1ccccc1-c1cc(-c2cc3c4cccc(C5CCCC5)c4oc3c3c2oc2c(C4CCCC4)cccc23)ccn1. The zero-order valence-corrected chi connectivity index (χ0v) is 33.9. The van der Waals surface area contributed by atoms with Crippen LogP contribution in [-0.2, 0) is 20.1 Å². The summed E-state index contributed by atoms with van der Waals surface area (Å²) in [5.74, 6) is 1.13. The van der Waals surface area contributed by atoms with Crippen LogP contribution < -0.4 is 0 Å². The first-order valence-corrected chi connectivity index (χ1v) is 19.9. The second kappa shape index (κ2) is 15.7. The molecule has 2 saturated carbocycles. The zero-order valence-electron chi connectivity index (χ0n) is 31.5. The fourth-order valence-electron chi connectivity index (χ4n) is 9.06. The van der Waals surface area contributed by atoms with Crippen molar-refractivity contribution in [2.45, 2.75) is 70.1 Å². The number of hydrogen-bond donors (Lipinski definition) is 0. The average Bonchev–Trinajstić information content (AvgIpc) is 4.08. The van der Waals surface area contributed by atoms with Crippen molar-refractivity contribution in [1.29, 1.82) is 0 Å². The first-order chi connectivity index (χ1) is 27.2. The number of fused-ring (bicyclic) bond motifs is 7. The van der Waals surface area contributed by atoms with Crippen LogP contribution in [-0.4, -0.2) is 9.97 Å². The number of nitrogens with zero attached hydrogens (tertiary/aromatic N) is 2. The van der Waals surface area contributed by atoms with Crippen molar-refractivity contribution in [3.8, 4) is 33.6 Å². The van der Waals surface area contributed by atoms with Crippen molar-refractivity contribution in [3.05, 3.63) is 156 Å². The van der Waals surface area contributed by atoms with Crippen molar-refractivity contribution < 1.29 is 28.9 Å². The Hall–Kier alpha value is -5.35. The maximum atomic E-state index is 6.97. The summed E-state index contributed by atoms with van der Waals surface area (Å²) in [6.45, 7) is 2.03. The minimum absolute atomic E-state index is 0. The molecule has 1 radical (unpaired) electrons. The quantitative estimate of drug-likeness (QED) is 0.161. The van der Waals surface area contributed by atoms with E-state index in [9.17, 15) is 0 Å². The van der Waals surface area contributed by atoms with Crippen LogP contribution in [0.25, 0.3) is 77.5 Å². The van der Waals surface area contributed by atoms with Crippen LogP contribution in [0, 0.1) is 19.1 Å². The van der Waals surface area contributed by atoms with Crippen LogP contribution in [0.4, 0.5) is 0 Å². The molecule has 0 spiro atoms. The van der Waals surface area contributed by atoms with E-state index in [2.05, 4.69) is 83.8 Å². The Labute approximate surface area is 341 Å². The molecule has 0 unspecified atom stereocenters. The van der Waals surface area contributed by atoms with Crippen molar-refractivity contribution in [2.75, 3.05) is 0 Å². The van der Waals surface area contributed by atoms with Gasteiger partial charge in [-0.3, -0.25) is 0 Å². The maximum absolute atomic E-state index is 6.97. The summed E-state index contributed by atoms with van der Waals surface area (Å²) in [5, 5.41) is 4.61. The number of aryl methyl sites for hydroxylation is 1. The van der Waals surface area contributed by atoms with Gasteiger partial charge in [0.15, 0.2) is 0 Å². The Balaban J connectivity index is 0.000000249. The summed E-state index contributed by atoms with van der Waals surface area (Å²) in [6, 6.07) is 46.5. The van der Waals surface area contributed by atoms with Gasteiger partial charge >= 0.3 is 0 Å². The topological polar surface area (TPSA) is 52.1 Å². The molecule has 4 nitrogen and oxygen atoms in total. The van der Waals surface area contributed by atoms with E-state index in [1.165, 1.54) is 73.4 Å². The van der Waals surface area contributed by atoms with E-state index in [0.717, 1.165) is 72.1 Å². The first-order valence-electron chi connectivity index (χ1n) is 19.9. The monoisotopic (exact) mass is 907 g/mol. The second-order valence-electron chi connectivity index (χ2n) is 15.3. The molecule has 279 valence electrons. The van der Waals surface area contributed by atoms with E-state index in [1.807, 2.05) is 67.8 Å². The Kier molecular flexibility index (Phi) is 10.1. The van der Waals surface area contributed by atoms with Gasteiger partial charge in [0.25, 0.3) is 0 Å². The number of para-hydroxylation sites is 2. The van der Waals surface area contributed by atoms with Crippen LogP contribution in [0.15, 0.2) is 136 Å². The number of pyridine rings is 2. The fourth-order valence-corrected chi connectivity index (χ4v) is 9.06. The van der Waals surface area contributed by atoms with Crippen molar-refractivity contribution >= 4 is 43.9 Å². The normalized spacial score (nSPS) is 14.7. The van der Waals surface area contributed by atoms with Crippen LogP contribution in [0.5, 0.6) is 0 Å². The van der Waals surface area contributed by atoms with E-state index in [1.54, 1.807) is 0 Å². The molecule has 0 bridgehead atoms. The second-order valence-corrected chi connectivity index (χ2v) is 15.3. The first kappa shape index (κ1) is 36.3. The average molecular weight is 907 g/mol. The molecular weight excluding hydrogens is 865 g/mol. The molecular formula is C51H42IrN2O2-2. The molecule has 2 fully saturated rings.